The Kier molecular flexibility index (Phi) is 11.3. The van der Waals surface area contributed by atoms with Gasteiger partial charge in [0.25, 0.3) is 0 Å². The largest absolute Gasteiger partial charge is 0.493 e. The van der Waals surface area contributed by atoms with E-state index in [0.717, 1.165) is 24.1 Å². The quantitative estimate of drug-likeness (QED) is 0.300. The van der Waals surface area contributed by atoms with Gasteiger partial charge in [-0.3, -0.25) is 4.99 Å². The first-order chi connectivity index (χ1) is 13.6. The molecule has 2 N–H and O–H groups in total. The maximum Gasteiger partial charge on any atom is 0.191 e. The monoisotopic (exact) mass is 519 g/mol. The van der Waals surface area contributed by atoms with E-state index in [1.54, 1.807) is 14.2 Å². The summed E-state index contributed by atoms with van der Waals surface area (Å²) < 4.78 is 37.5. The highest BCUT2D eigenvalue weighted by atomic mass is 127. The van der Waals surface area contributed by atoms with Gasteiger partial charge in [-0.2, -0.15) is 0 Å². The molecule has 0 fully saturated rings. The highest BCUT2D eigenvalue weighted by molar-refractivity contribution is 14.0. The van der Waals surface area contributed by atoms with E-state index in [2.05, 4.69) is 15.6 Å². The zero-order valence-electron chi connectivity index (χ0n) is 16.9. The Labute approximate surface area is 187 Å². The molecule has 8 heteroatoms. The number of guanidine groups is 1. The maximum absolute atomic E-state index is 13.7. The van der Waals surface area contributed by atoms with Gasteiger partial charge in [0.05, 0.1) is 14.2 Å². The molecule has 0 spiro atoms. The summed E-state index contributed by atoms with van der Waals surface area (Å²) in [4.78, 5) is 4.43. The minimum absolute atomic E-state index is 0. The van der Waals surface area contributed by atoms with Crippen LogP contribution < -0.4 is 20.1 Å². The Hall–Kier alpha value is -2.10. The third-order valence-electron chi connectivity index (χ3n) is 4.16. The number of halogens is 3. The van der Waals surface area contributed by atoms with E-state index < -0.39 is 11.6 Å². The number of aliphatic imine (C=N–C) groups is 1. The lowest BCUT2D eigenvalue weighted by Gasteiger charge is -2.13. The molecule has 5 nitrogen and oxygen atoms in total. The van der Waals surface area contributed by atoms with Crippen LogP contribution in [0, 0.1) is 11.6 Å². The normalized spacial score (nSPS) is 10.9. The van der Waals surface area contributed by atoms with Crippen LogP contribution >= 0.6 is 24.0 Å². The molecule has 160 valence electrons. The van der Waals surface area contributed by atoms with E-state index in [1.165, 1.54) is 6.07 Å². The second-order valence-corrected chi connectivity index (χ2v) is 6.11. The molecular formula is C21H28F2IN3O2. The minimum Gasteiger partial charge on any atom is -0.493 e. The fourth-order valence-electron chi connectivity index (χ4n) is 2.73. The van der Waals surface area contributed by atoms with Crippen molar-refractivity contribution in [1.29, 1.82) is 0 Å². The second kappa shape index (κ2) is 13.2. The summed E-state index contributed by atoms with van der Waals surface area (Å²) in [6.45, 7) is 3.69. The van der Waals surface area contributed by atoms with Gasteiger partial charge in [0.1, 0.15) is 11.6 Å². The molecule has 0 heterocycles. The van der Waals surface area contributed by atoms with Crippen LogP contribution in [0.1, 0.15) is 18.1 Å². The molecule has 0 amide bonds. The number of hydrogen-bond acceptors (Lipinski definition) is 3. The number of hydrogen-bond donors (Lipinski definition) is 2. The van der Waals surface area contributed by atoms with Crippen molar-refractivity contribution in [2.75, 3.05) is 33.9 Å². The predicted octanol–water partition coefficient (Wildman–Crippen LogP) is 3.94. The summed E-state index contributed by atoms with van der Waals surface area (Å²) in [7, 11) is 3.21. The van der Waals surface area contributed by atoms with Gasteiger partial charge in [-0.15, -0.1) is 24.0 Å². The van der Waals surface area contributed by atoms with Gasteiger partial charge in [0.2, 0.25) is 0 Å². The fourth-order valence-corrected chi connectivity index (χ4v) is 2.73. The molecule has 0 saturated heterocycles. The molecule has 2 aromatic rings. The van der Waals surface area contributed by atoms with Crippen molar-refractivity contribution in [1.82, 2.24) is 10.6 Å². The first kappa shape index (κ1) is 24.9. The third kappa shape index (κ3) is 8.04. The number of nitrogens with one attached hydrogen (secondary N) is 2. The molecule has 0 aliphatic rings. The lowest BCUT2D eigenvalue weighted by Crippen LogP contribution is -2.38. The molecule has 0 aliphatic heterocycles. The average Bonchev–Trinajstić information content (AvgIpc) is 2.70. The Morgan fingerprint density at radius 2 is 1.72 bits per heavy atom. The molecule has 2 aromatic carbocycles. The van der Waals surface area contributed by atoms with E-state index in [1.807, 2.05) is 25.1 Å². The first-order valence-corrected chi connectivity index (χ1v) is 9.24. The lowest BCUT2D eigenvalue weighted by atomic mass is 10.1. The topological polar surface area (TPSA) is 54.9 Å². The summed E-state index contributed by atoms with van der Waals surface area (Å²) in [6.07, 6.45) is 1.10. The van der Waals surface area contributed by atoms with Crippen LogP contribution in [-0.4, -0.2) is 39.8 Å². The summed E-state index contributed by atoms with van der Waals surface area (Å²) in [5.74, 6) is 1.17. The Bertz CT molecular complexity index is 803. The molecule has 0 saturated carbocycles. The van der Waals surface area contributed by atoms with Gasteiger partial charge in [-0.25, -0.2) is 8.78 Å². The summed E-state index contributed by atoms with van der Waals surface area (Å²) in [5.41, 5.74) is 1.42. The van der Waals surface area contributed by atoms with Crippen molar-refractivity contribution in [3.05, 3.63) is 59.2 Å². The summed E-state index contributed by atoms with van der Waals surface area (Å²) in [5, 5.41) is 6.39. The van der Waals surface area contributed by atoms with Crippen LogP contribution in [0.5, 0.6) is 11.5 Å². The van der Waals surface area contributed by atoms with Gasteiger partial charge < -0.3 is 20.1 Å². The van der Waals surface area contributed by atoms with E-state index in [4.69, 9.17) is 9.47 Å². The molecule has 0 atom stereocenters. The van der Waals surface area contributed by atoms with Crippen LogP contribution in [-0.2, 0) is 12.8 Å². The fraction of sp³-hybridized carbons (Fsp3) is 0.381. The molecule has 0 bridgehead atoms. The molecular weight excluding hydrogens is 491 g/mol. The van der Waals surface area contributed by atoms with Gasteiger partial charge >= 0.3 is 0 Å². The number of nitrogens with zero attached hydrogens (tertiary/aromatic N) is 1. The van der Waals surface area contributed by atoms with Crippen LogP contribution in [0.15, 0.2) is 41.4 Å². The molecule has 29 heavy (non-hydrogen) atoms. The van der Waals surface area contributed by atoms with Crippen LogP contribution in [0.25, 0.3) is 0 Å². The first-order valence-electron chi connectivity index (χ1n) is 9.24. The third-order valence-corrected chi connectivity index (χ3v) is 4.16. The molecule has 0 aliphatic carbocycles. The summed E-state index contributed by atoms with van der Waals surface area (Å²) in [6, 6.07) is 9.27. The van der Waals surface area contributed by atoms with Gasteiger partial charge in [0, 0.05) is 19.6 Å². The maximum atomic E-state index is 13.7. The van der Waals surface area contributed by atoms with Crippen LogP contribution in [0.2, 0.25) is 0 Å². The number of ether oxygens (including phenoxy) is 2. The van der Waals surface area contributed by atoms with Gasteiger partial charge in [-0.1, -0.05) is 6.07 Å². The van der Waals surface area contributed by atoms with Crippen molar-refractivity contribution in [3.63, 3.8) is 0 Å². The molecule has 2 rings (SSSR count). The van der Waals surface area contributed by atoms with Crippen molar-refractivity contribution >= 4 is 29.9 Å². The van der Waals surface area contributed by atoms with Crippen molar-refractivity contribution < 1.29 is 18.3 Å². The Morgan fingerprint density at radius 3 is 2.41 bits per heavy atom. The van der Waals surface area contributed by atoms with E-state index in [-0.39, 0.29) is 24.0 Å². The smallest absolute Gasteiger partial charge is 0.191 e. The van der Waals surface area contributed by atoms with Crippen LogP contribution in [0.4, 0.5) is 8.78 Å². The average molecular weight is 519 g/mol. The number of benzene rings is 2. The zero-order chi connectivity index (χ0) is 20.4. The van der Waals surface area contributed by atoms with Gasteiger partial charge in [-0.05, 0) is 61.2 Å². The lowest BCUT2D eigenvalue weighted by molar-refractivity contribution is 0.354. The van der Waals surface area contributed by atoms with E-state index in [0.29, 0.717) is 49.1 Å². The highest BCUT2D eigenvalue weighted by Crippen LogP contribution is 2.27. The highest BCUT2D eigenvalue weighted by Gasteiger charge is 2.06. The Morgan fingerprint density at radius 1 is 0.966 bits per heavy atom. The second-order valence-electron chi connectivity index (χ2n) is 6.11. The number of rotatable bonds is 9. The molecule has 0 aromatic heterocycles. The predicted molar refractivity (Wildman–Crippen MR) is 123 cm³/mol. The standard InChI is InChI=1S/C21H27F2N3O2.HI/c1-4-24-21(26-12-10-16-14-17(22)6-7-18(16)23)25-11-9-15-5-8-19(27-2)20(13-15)28-3;/h5-8,13-14H,4,9-12H2,1-3H3,(H2,24,25,26);1H. The molecule has 0 radical (unpaired) electrons. The van der Waals surface area contributed by atoms with E-state index >= 15 is 0 Å². The SMILES string of the molecule is CCNC(=NCCc1cc(F)ccc1F)NCCc1ccc(OC)c(OC)c1.I. The van der Waals surface area contributed by atoms with Crippen LogP contribution in [0.3, 0.4) is 0 Å². The van der Waals surface area contributed by atoms with Gasteiger partial charge in [0.15, 0.2) is 17.5 Å². The van der Waals surface area contributed by atoms with Crippen molar-refractivity contribution in [2.24, 2.45) is 4.99 Å². The van der Waals surface area contributed by atoms with Crippen molar-refractivity contribution in [3.8, 4) is 11.5 Å². The van der Waals surface area contributed by atoms with E-state index in [9.17, 15) is 8.78 Å². The summed E-state index contributed by atoms with van der Waals surface area (Å²) >= 11 is 0. The number of methoxy groups -OCH3 is 2. The molecule has 0 unspecified atom stereocenters. The zero-order valence-corrected chi connectivity index (χ0v) is 19.3. The Balaban J connectivity index is 0.00000420. The minimum atomic E-state index is -0.444. The van der Waals surface area contributed by atoms with Crippen molar-refractivity contribution in [2.45, 2.75) is 19.8 Å².